The van der Waals surface area contributed by atoms with Gasteiger partial charge in [-0.05, 0) is 17.2 Å². The minimum atomic E-state index is -1.34. The van der Waals surface area contributed by atoms with Gasteiger partial charge in [0.25, 0.3) is 0 Å². The molecule has 0 bridgehead atoms. The molecule has 11 N–H and O–H groups in total. The SMILES string of the molecule is N[C@@H](CO)C(=O)NCC(=O)N[C@@H](Cc1ccccc1)C(=O)NCC(=O)N[C@@H](Cc1c[nH]c2ccccc12)C(=O)N[C@@H](Cc1cnc[nH]1)C(=O)O. The Balaban J connectivity index is 1.44. The zero-order valence-corrected chi connectivity index (χ0v) is 26.8. The Labute approximate surface area is 285 Å². The minimum Gasteiger partial charge on any atom is -0.480 e. The number of hydrogen-bond acceptors (Lipinski definition) is 9. The Hall–Kier alpha value is -6.07. The van der Waals surface area contributed by atoms with E-state index in [-0.39, 0.29) is 19.3 Å². The number of H-pyrrole nitrogens is 2. The number of nitrogens with zero attached hydrogens (tertiary/aromatic N) is 1. The van der Waals surface area contributed by atoms with Crippen molar-refractivity contribution < 1.29 is 39.0 Å². The fourth-order valence-corrected chi connectivity index (χ4v) is 5.04. The average molecular weight is 690 g/mol. The van der Waals surface area contributed by atoms with Crippen LogP contribution < -0.4 is 32.3 Å². The number of benzene rings is 2. The third-order valence-electron chi connectivity index (χ3n) is 7.66. The van der Waals surface area contributed by atoms with E-state index < -0.39 is 79.4 Å². The van der Waals surface area contributed by atoms with E-state index in [1.54, 1.807) is 36.5 Å². The number of aromatic nitrogens is 3. The molecule has 0 spiro atoms. The van der Waals surface area contributed by atoms with Crippen LogP contribution in [0.4, 0.5) is 0 Å². The Kier molecular flexibility index (Phi) is 13.2. The summed E-state index contributed by atoms with van der Waals surface area (Å²) < 4.78 is 0. The van der Waals surface area contributed by atoms with E-state index in [9.17, 15) is 33.9 Å². The molecule has 2 heterocycles. The van der Waals surface area contributed by atoms with Crippen molar-refractivity contribution >= 4 is 46.4 Å². The largest absolute Gasteiger partial charge is 0.480 e. The third-order valence-corrected chi connectivity index (χ3v) is 7.66. The standard InChI is InChI=1S/C33H39N9O8/c34-23(17-43)30(46)37-15-28(44)40-25(10-19-6-2-1-3-7-19)31(47)38-16-29(45)41-26(11-20-13-36-24-9-5-4-8-22(20)24)32(48)42-27(33(49)50)12-21-14-35-18-39-21/h1-9,13-14,18,23,25-27,36,43H,10-12,15-17,34H2,(H,35,39)(H,37,46)(H,38,47)(H,40,44)(H,41,45)(H,42,48)(H,49,50)/t23-,25-,26-,27-/m0/s1. The predicted molar refractivity (Wildman–Crippen MR) is 179 cm³/mol. The number of rotatable bonds is 18. The number of aliphatic hydroxyl groups is 1. The molecule has 4 atom stereocenters. The van der Waals surface area contributed by atoms with Gasteiger partial charge in [-0.3, -0.25) is 24.0 Å². The number of nitrogens with two attached hydrogens (primary N) is 1. The average Bonchev–Trinajstić information content (AvgIpc) is 3.78. The molecule has 4 aromatic rings. The number of aliphatic carboxylic acids is 1. The van der Waals surface area contributed by atoms with Gasteiger partial charge < -0.3 is 52.5 Å². The number of fused-ring (bicyclic) bond motifs is 1. The summed E-state index contributed by atoms with van der Waals surface area (Å²) in [5.41, 5.74) is 8.10. The maximum Gasteiger partial charge on any atom is 0.326 e. The molecule has 0 aliphatic heterocycles. The van der Waals surface area contributed by atoms with Crippen LogP contribution in [0, 0.1) is 0 Å². The van der Waals surface area contributed by atoms with E-state index in [0.717, 1.165) is 10.9 Å². The Morgan fingerprint density at radius 1 is 0.740 bits per heavy atom. The number of aromatic amines is 2. The first kappa shape index (κ1) is 36.8. The molecule has 264 valence electrons. The summed E-state index contributed by atoms with van der Waals surface area (Å²) in [6, 6.07) is 11.1. The molecule has 50 heavy (non-hydrogen) atoms. The summed E-state index contributed by atoms with van der Waals surface area (Å²) in [5, 5.41) is 32.0. The normalized spacial score (nSPS) is 13.3. The van der Waals surface area contributed by atoms with Crippen molar-refractivity contribution in [3.63, 3.8) is 0 Å². The number of carboxylic acids is 1. The molecule has 0 saturated heterocycles. The zero-order chi connectivity index (χ0) is 36.0. The van der Waals surface area contributed by atoms with Gasteiger partial charge in [-0.2, -0.15) is 0 Å². The highest BCUT2D eigenvalue weighted by Crippen LogP contribution is 2.19. The summed E-state index contributed by atoms with van der Waals surface area (Å²) in [7, 11) is 0. The maximum absolute atomic E-state index is 13.5. The van der Waals surface area contributed by atoms with Crippen LogP contribution in [-0.4, -0.2) is 105 Å². The van der Waals surface area contributed by atoms with Gasteiger partial charge in [0, 0.05) is 48.3 Å². The van der Waals surface area contributed by atoms with Crippen LogP contribution >= 0.6 is 0 Å². The number of para-hydroxylation sites is 1. The summed E-state index contributed by atoms with van der Waals surface area (Å²) in [6.45, 7) is -1.73. The van der Waals surface area contributed by atoms with Crippen LogP contribution in [0.25, 0.3) is 10.9 Å². The second-order valence-corrected chi connectivity index (χ2v) is 11.4. The van der Waals surface area contributed by atoms with Crippen molar-refractivity contribution in [2.45, 2.75) is 43.4 Å². The van der Waals surface area contributed by atoms with E-state index >= 15 is 0 Å². The van der Waals surface area contributed by atoms with Crippen LogP contribution in [-0.2, 0) is 48.0 Å². The molecule has 0 saturated carbocycles. The first-order valence-electron chi connectivity index (χ1n) is 15.6. The molecule has 2 aromatic heterocycles. The third kappa shape index (κ3) is 10.7. The van der Waals surface area contributed by atoms with Gasteiger partial charge >= 0.3 is 5.97 Å². The van der Waals surface area contributed by atoms with Gasteiger partial charge in [-0.1, -0.05) is 48.5 Å². The maximum atomic E-state index is 13.5. The molecule has 0 aliphatic carbocycles. The van der Waals surface area contributed by atoms with E-state index in [2.05, 4.69) is 41.5 Å². The van der Waals surface area contributed by atoms with Gasteiger partial charge in [0.1, 0.15) is 24.2 Å². The lowest BCUT2D eigenvalue weighted by atomic mass is 10.0. The lowest BCUT2D eigenvalue weighted by molar-refractivity contribution is -0.142. The number of carbonyl (C=O) groups excluding carboxylic acids is 5. The first-order valence-corrected chi connectivity index (χ1v) is 15.6. The van der Waals surface area contributed by atoms with Crippen LogP contribution in [0.15, 0.2) is 73.3 Å². The minimum absolute atomic E-state index is 0.00965. The van der Waals surface area contributed by atoms with Crippen molar-refractivity contribution in [2.24, 2.45) is 5.73 Å². The number of carboxylic acid groups (broad SMARTS) is 1. The van der Waals surface area contributed by atoms with Crippen molar-refractivity contribution in [3.8, 4) is 0 Å². The van der Waals surface area contributed by atoms with E-state index in [1.165, 1.54) is 12.5 Å². The number of aliphatic hydroxyl groups excluding tert-OH is 1. The van der Waals surface area contributed by atoms with Crippen molar-refractivity contribution in [1.82, 2.24) is 41.5 Å². The monoisotopic (exact) mass is 689 g/mol. The van der Waals surface area contributed by atoms with E-state index in [4.69, 9.17) is 10.8 Å². The molecule has 0 radical (unpaired) electrons. The molecule has 17 heteroatoms. The summed E-state index contributed by atoms with van der Waals surface area (Å²) in [6.07, 6.45) is 4.46. The molecule has 0 fully saturated rings. The Morgan fingerprint density at radius 2 is 1.38 bits per heavy atom. The molecule has 2 aromatic carbocycles. The number of carbonyl (C=O) groups is 6. The highest BCUT2D eigenvalue weighted by Gasteiger charge is 2.29. The van der Waals surface area contributed by atoms with Gasteiger partial charge in [-0.25, -0.2) is 9.78 Å². The molecule has 5 amide bonds. The lowest BCUT2D eigenvalue weighted by Crippen LogP contribution is -2.56. The first-order chi connectivity index (χ1) is 24.0. The van der Waals surface area contributed by atoms with Gasteiger partial charge in [-0.15, -0.1) is 0 Å². The topological polar surface area (TPSA) is 274 Å². The highest BCUT2D eigenvalue weighted by atomic mass is 16.4. The van der Waals surface area contributed by atoms with Crippen molar-refractivity contribution in [1.29, 1.82) is 0 Å². The van der Waals surface area contributed by atoms with Gasteiger partial charge in [0.15, 0.2) is 0 Å². The Bertz CT molecular complexity index is 1780. The molecule has 0 unspecified atom stereocenters. The summed E-state index contributed by atoms with van der Waals surface area (Å²) in [4.78, 5) is 86.2. The Morgan fingerprint density at radius 3 is 2.02 bits per heavy atom. The fourth-order valence-electron chi connectivity index (χ4n) is 5.04. The quantitative estimate of drug-likeness (QED) is 0.0549. The second-order valence-electron chi connectivity index (χ2n) is 11.4. The number of hydrogen-bond donors (Lipinski definition) is 10. The van der Waals surface area contributed by atoms with Gasteiger partial charge in [0.05, 0.1) is 26.0 Å². The molecule has 0 aliphatic rings. The number of amides is 5. The summed E-state index contributed by atoms with van der Waals surface area (Å²) in [5.74, 6) is -5.01. The molecular weight excluding hydrogens is 650 g/mol. The van der Waals surface area contributed by atoms with E-state index in [0.29, 0.717) is 16.8 Å². The van der Waals surface area contributed by atoms with Crippen LogP contribution in [0.1, 0.15) is 16.8 Å². The van der Waals surface area contributed by atoms with Crippen LogP contribution in [0.2, 0.25) is 0 Å². The van der Waals surface area contributed by atoms with E-state index in [1.807, 2.05) is 24.3 Å². The predicted octanol–water partition coefficient (Wildman–Crippen LogP) is -1.99. The molecule has 4 rings (SSSR count). The smallest absolute Gasteiger partial charge is 0.326 e. The number of imidazole rings is 1. The zero-order valence-electron chi connectivity index (χ0n) is 26.8. The molecule has 17 nitrogen and oxygen atoms in total. The number of nitrogens with one attached hydrogen (secondary N) is 7. The summed E-state index contributed by atoms with van der Waals surface area (Å²) >= 11 is 0. The fraction of sp³-hybridized carbons (Fsp3) is 0.303. The highest BCUT2D eigenvalue weighted by molar-refractivity contribution is 5.95. The van der Waals surface area contributed by atoms with Gasteiger partial charge in [0.2, 0.25) is 29.5 Å². The second kappa shape index (κ2) is 17.9. The van der Waals surface area contributed by atoms with Crippen molar-refractivity contribution in [3.05, 3.63) is 90.1 Å². The molecular formula is C33H39N9O8. The van der Waals surface area contributed by atoms with Crippen LogP contribution in [0.3, 0.4) is 0 Å². The van der Waals surface area contributed by atoms with Crippen LogP contribution in [0.5, 0.6) is 0 Å². The van der Waals surface area contributed by atoms with Crippen molar-refractivity contribution in [2.75, 3.05) is 19.7 Å². The lowest BCUT2D eigenvalue weighted by Gasteiger charge is -2.22.